The largest absolute Gasteiger partial charge is 0.369 e. The number of aryl methyl sites for hydroxylation is 1. The molecule has 25 heavy (non-hydrogen) atoms. The summed E-state index contributed by atoms with van der Waals surface area (Å²) in [5.74, 6) is 0.668. The van der Waals surface area contributed by atoms with E-state index in [1.54, 1.807) is 0 Å². The van der Waals surface area contributed by atoms with E-state index in [9.17, 15) is 9.59 Å². The van der Waals surface area contributed by atoms with E-state index >= 15 is 0 Å². The van der Waals surface area contributed by atoms with Crippen molar-refractivity contribution in [1.82, 2.24) is 19.9 Å². The molecule has 8 heteroatoms. The highest BCUT2D eigenvalue weighted by Crippen LogP contribution is 2.17. The molecule has 3 rings (SSSR count). The van der Waals surface area contributed by atoms with E-state index in [-0.39, 0.29) is 17.7 Å². The zero-order valence-corrected chi connectivity index (χ0v) is 14.8. The summed E-state index contributed by atoms with van der Waals surface area (Å²) in [6, 6.07) is 1.96. The van der Waals surface area contributed by atoms with Crippen molar-refractivity contribution >= 4 is 11.8 Å². The molecule has 0 radical (unpaired) electrons. The minimum Gasteiger partial charge on any atom is -0.369 e. The Kier molecular flexibility index (Phi) is 5.70. The standard InChI is InChI=1S/C17H27N5O3/c1-13-10-15(19-25-13)11-20-6-8-21(9-7-20)12-16(23)22-4-2-14(3-5-22)17(18)24/h10,14H,2-9,11-12H2,1H3,(H2,18,24). The Bertz CT molecular complexity index is 601. The molecule has 2 N–H and O–H groups in total. The number of carbonyl (C=O) groups is 2. The fourth-order valence-electron chi connectivity index (χ4n) is 3.53. The SMILES string of the molecule is Cc1cc(CN2CCN(CC(=O)N3CCC(C(N)=O)CC3)CC2)no1. The molecule has 0 atom stereocenters. The van der Waals surface area contributed by atoms with Gasteiger partial charge >= 0.3 is 0 Å². The van der Waals surface area contributed by atoms with E-state index in [1.807, 2.05) is 17.9 Å². The zero-order chi connectivity index (χ0) is 17.8. The third-order valence-electron chi connectivity index (χ3n) is 5.14. The lowest BCUT2D eigenvalue weighted by atomic mass is 9.96. The molecule has 2 amide bonds. The van der Waals surface area contributed by atoms with Gasteiger partial charge in [-0.2, -0.15) is 0 Å². The summed E-state index contributed by atoms with van der Waals surface area (Å²) < 4.78 is 5.10. The summed E-state index contributed by atoms with van der Waals surface area (Å²) in [6.07, 6.45) is 1.37. The normalized spacial score (nSPS) is 20.8. The van der Waals surface area contributed by atoms with Crippen LogP contribution in [0.3, 0.4) is 0 Å². The Morgan fingerprint density at radius 2 is 1.80 bits per heavy atom. The smallest absolute Gasteiger partial charge is 0.236 e. The van der Waals surface area contributed by atoms with Gasteiger partial charge in [-0.1, -0.05) is 5.16 Å². The molecule has 0 unspecified atom stereocenters. The summed E-state index contributed by atoms with van der Waals surface area (Å²) in [4.78, 5) is 30.1. The fourth-order valence-corrected chi connectivity index (χ4v) is 3.53. The summed E-state index contributed by atoms with van der Waals surface area (Å²) in [7, 11) is 0. The maximum Gasteiger partial charge on any atom is 0.236 e. The quantitative estimate of drug-likeness (QED) is 0.793. The third kappa shape index (κ3) is 4.79. The number of nitrogens with two attached hydrogens (primary N) is 1. The van der Waals surface area contributed by atoms with E-state index in [1.165, 1.54) is 0 Å². The topological polar surface area (TPSA) is 95.9 Å². The molecule has 0 bridgehead atoms. The molecule has 2 aliphatic rings. The van der Waals surface area contributed by atoms with Crippen LogP contribution in [0.4, 0.5) is 0 Å². The average molecular weight is 349 g/mol. The van der Waals surface area contributed by atoms with Crippen LogP contribution in [-0.2, 0) is 16.1 Å². The van der Waals surface area contributed by atoms with Gasteiger partial charge in [0.2, 0.25) is 11.8 Å². The highest BCUT2D eigenvalue weighted by atomic mass is 16.5. The molecule has 8 nitrogen and oxygen atoms in total. The van der Waals surface area contributed by atoms with Gasteiger partial charge in [-0.15, -0.1) is 0 Å². The Labute approximate surface area is 147 Å². The second-order valence-electron chi connectivity index (χ2n) is 7.04. The van der Waals surface area contributed by atoms with Crippen LogP contribution in [-0.4, -0.2) is 77.5 Å². The lowest BCUT2D eigenvalue weighted by molar-refractivity contribution is -0.136. The van der Waals surface area contributed by atoms with E-state index in [4.69, 9.17) is 10.3 Å². The molecular weight excluding hydrogens is 322 g/mol. The zero-order valence-electron chi connectivity index (χ0n) is 14.8. The minimum absolute atomic E-state index is 0.0761. The Hall–Kier alpha value is -1.93. The molecular formula is C17H27N5O3. The second kappa shape index (κ2) is 7.97. The van der Waals surface area contributed by atoms with Crippen LogP contribution >= 0.6 is 0 Å². The van der Waals surface area contributed by atoms with E-state index < -0.39 is 0 Å². The predicted molar refractivity (Wildman–Crippen MR) is 91.5 cm³/mol. The molecule has 3 heterocycles. The lowest BCUT2D eigenvalue weighted by Crippen LogP contribution is -2.51. The first-order chi connectivity index (χ1) is 12.0. The molecule has 0 saturated carbocycles. The number of piperidine rings is 1. The molecule has 0 aromatic carbocycles. The van der Waals surface area contributed by atoms with E-state index in [0.29, 0.717) is 32.5 Å². The van der Waals surface area contributed by atoms with Crippen molar-refractivity contribution in [2.45, 2.75) is 26.3 Å². The summed E-state index contributed by atoms with van der Waals surface area (Å²) in [6.45, 7) is 8.01. The monoisotopic (exact) mass is 349 g/mol. The summed E-state index contributed by atoms with van der Waals surface area (Å²) in [5, 5.41) is 4.03. The van der Waals surface area contributed by atoms with Crippen LogP contribution in [0.25, 0.3) is 0 Å². The average Bonchev–Trinajstić information content (AvgIpc) is 3.01. The number of nitrogens with zero attached hydrogens (tertiary/aromatic N) is 4. The van der Waals surface area contributed by atoms with Crippen LogP contribution in [0.2, 0.25) is 0 Å². The van der Waals surface area contributed by atoms with Crippen LogP contribution in [0.5, 0.6) is 0 Å². The van der Waals surface area contributed by atoms with Crippen LogP contribution in [0.15, 0.2) is 10.6 Å². The Balaban J connectivity index is 1.38. The van der Waals surface area contributed by atoms with Crippen LogP contribution in [0.1, 0.15) is 24.3 Å². The number of likely N-dealkylation sites (tertiary alicyclic amines) is 1. The number of hydrogen-bond donors (Lipinski definition) is 1. The number of amides is 2. The van der Waals surface area contributed by atoms with Crippen molar-refractivity contribution in [3.63, 3.8) is 0 Å². The first-order valence-electron chi connectivity index (χ1n) is 8.95. The maximum atomic E-state index is 12.5. The predicted octanol–water partition coefficient (Wildman–Crippen LogP) is -0.175. The van der Waals surface area contributed by atoms with Crippen molar-refractivity contribution in [3.05, 3.63) is 17.5 Å². The van der Waals surface area contributed by atoms with Gasteiger partial charge in [0.05, 0.1) is 12.2 Å². The minimum atomic E-state index is -0.245. The van der Waals surface area contributed by atoms with Gasteiger partial charge in [0, 0.05) is 57.8 Å². The number of primary amides is 1. The first kappa shape index (κ1) is 17.9. The van der Waals surface area contributed by atoms with Gasteiger partial charge < -0.3 is 15.2 Å². The van der Waals surface area contributed by atoms with Gasteiger partial charge in [-0.3, -0.25) is 19.4 Å². The number of piperazine rings is 1. The molecule has 138 valence electrons. The van der Waals surface area contributed by atoms with Crippen molar-refractivity contribution in [3.8, 4) is 0 Å². The molecule has 2 saturated heterocycles. The van der Waals surface area contributed by atoms with Crippen LogP contribution in [0, 0.1) is 12.8 Å². The van der Waals surface area contributed by atoms with Gasteiger partial charge in [-0.25, -0.2) is 0 Å². The highest BCUT2D eigenvalue weighted by molar-refractivity contribution is 5.80. The maximum absolute atomic E-state index is 12.5. The van der Waals surface area contributed by atoms with Gasteiger partial charge in [0.15, 0.2) is 0 Å². The molecule has 0 spiro atoms. The van der Waals surface area contributed by atoms with Gasteiger partial charge in [0.25, 0.3) is 0 Å². The summed E-state index contributed by atoms with van der Waals surface area (Å²) >= 11 is 0. The summed E-state index contributed by atoms with van der Waals surface area (Å²) in [5.41, 5.74) is 6.30. The van der Waals surface area contributed by atoms with Crippen LogP contribution < -0.4 is 5.73 Å². The molecule has 2 fully saturated rings. The van der Waals surface area contributed by atoms with E-state index in [2.05, 4.69) is 15.0 Å². The highest BCUT2D eigenvalue weighted by Gasteiger charge is 2.27. The second-order valence-corrected chi connectivity index (χ2v) is 7.04. The van der Waals surface area contributed by atoms with Crippen molar-refractivity contribution in [2.75, 3.05) is 45.8 Å². The Morgan fingerprint density at radius 3 is 2.36 bits per heavy atom. The molecule has 2 aliphatic heterocycles. The lowest BCUT2D eigenvalue weighted by Gasteiger charge is -2.36. The van der Waals surface area contributed by atoms with Crippen molar-refractivity contribution in [1.29, 1.82) is 0 Å². The Morgan fingerprint density at radius 1 is 1.16 bits per heavy atom. The van der Waals surface area contributed by atoms with Crippen molar-refractivity contribution < 1.29 is 14.1 Å². The first-order valence-corrected chi connectivity index (χ1v) is 8.95. The molecule has 0 aliphatic carbocycles. The molecule has 1 aromatic heterocycles. The van der Waals surface area contributed by atoms with Crippen molar-refractivity contribution in [2.24, 2.45) is 11.7 Å². The van der Waals surface area contributed by atoms with Gasteiger partial charge in [0.1, 0.15) is 5.76 Å². The fraction of sp³-hybridized carbons (Fsp3) is 0.706. The molecule has 1 aromatic rings. The number of carbonyl (C=O) groups excluding carboxylic acids is 2. The number of hydrogen-bond acceptors (Lipinski definition) is 6. The third-order valence-corrected chi connectivity index (χ3v) is 5.14. The van der Waals surface area contributed by atoms with E-state index in [0.717, 1.165) is 44.2 Å². The number of rotatable bonds is 5. The number of aromatic nitrogens is 1. The van der Waals surface area contributed by atoms with Gasteiger partial charge in [-0.05, 0) is 19.8 Å².